The van der Waals surface area contributed by atoms with Gasteiger partial charge in [0.05, 0.1) is 24.5 Å². The Morgan fingerprint density at radius 3 is 2.69 bits per heavy atom. The van der Waals surface area contributed by atoms with Crippen molar-refractivity contribution in [2.24, 2.45) is 5.92 Å². The Labute approximate surface area is 153 Å². The first-order valence-electron chi connectivity index (χ1n) is 8.51. The van der Waals surface area contributed by atoms with Crippen LogP contribution in [0.25, 0.3) is 0 Å². The molecule has 0 saturated carbocycles. The molecule has 1 fully saturated rings. The molecule has 1 aromatic carbocycles. The molecule has 1 saturated heterocycles. The fourth-order valence-corrected chi connectivity index (χ4v) is 4.10. The molecule has 2 amide bonds. The lowest BCUT2D eigenvalue weighted by atomic mass is 9.98. The van der Waals surface area contributed by atoms with Gasteiger partial charge in [-0.3, -0.25) is 9.59 Å². The summed E-state index contributed by atoms with van der Waals surface area (Å²) in [4.78, 5) is 24.5. The summed E-state index contributed by atoms with van der Waals surface area (Å²) in [5.74, 6) is -0.559. The van der Waals surface area contributed by atoms with E-state index in [2.05, 4.69) is 10.6 Å². The van der Waals surface area contributed by atoms with E-state index in [1.807, 2.05) is 0 Å². The van der Waals surface area contributed by atoms with Gasteiger partial charge in [0.15, 0.2) is 0 Å². The lowest BCUT2D eigenvalue weighted by molar-refractivity contribution is -0.120. The van der Waals surface area contributed by atoms with Crippen molar-refractivity contribution < 1.29 is 22.7 Å². The van der Waals surface area contributed by atoms with Crippen molar-refractivity contribution in [3.05, 3.63) is 23.8 Å². The first-order valence-corrected chi connectivity index (χ1v) is 10.1. The van der Waals surface area contributed by atoms with Crippen molar-refractivity contribution in [1.29, 1.82) is 0 Å². The molecule has 1 aliphatic heterocycles. The third-order valence-corrected chi connectivity index (χ3v) is 6.31. The van der Waals surface area contributed by atoms with E-state index in [1.165, 1.54) is 18.5 Å². The highest BCUT2D eigenvalue weighted by Crippen LogP contribution is 2.28. The number of anilines is 1. The fraction of sp³-hybridized carbons (Fsp3) is 0.529. The molecule has 8 nitrogen and oxygen atoms in total. The van der Waals surface area contributed by atoms with Crippen LogP contribution in [0.2, 0.25) is 0 Å². The summed E-state index contributed by atoms with van der Waals surface area (Å²) >= 11 is 0. The summed E-state index contributed by atoms with van der Waals surface area (Å²) in [5.41, 5.74) is 0.775. The highest BCUT2D eigenvalue weighted by Gasteiger charge is 2.31. The quantitative estimate of drug-likeness (QED) is 0.764. The molecular weight excluding hydrogens is 358 g/mol. The molecule has 1 aromatic rings. The highest BCUT2D eigenvalue weighted by atomic mass is 32.2. The maximum absolute atomic E-state index is 12.7. The zero-order chi connectivity index (χ0) is 19.3. The summed E-state index contributed by atoms with van der Waals surface area (Å²) < 4.78 is 30.7. The van der Waals surface area contributed by atoms with E-state index in [0.29, 0.717) is 36.4 Å². The maximum Gasteiger partial charge on any atom is 0.251 e. The number of carbonyl (C=O) groups is 2. The average molecular weight is 383 g/mol. The van der Waals surface area contributed by atoms with Crippen LogP contribution in [-0.4, -0.2) is 57.5 Å². The minimum atomic E-state index is -3.32. The van der Waals surface area contributed by atoms with Gasteiger partial charge in [0.25, 0.3) is 5.91 Å². The van der Waals surface area contributed by atoms with Gasteiger partial charge in [0.2, 0.25) is 15.9 Å². The lowest BCUT2D eigenvalue weighted by Crippen LogP contribution is -2.44. The number of hydrogen-bond donors (Lipinski definition) is 2. The molecule has 0 radical (unpaired) electrons. The molecule has 1 aliphatic rings. The predicted molar refractivity (Wildman–Crippen MR) is 98.8 cm³/mol. The first kappa shape index (κ1) is 20.2. The number of hydrogen-bond acceptors (Lipinski definition) is 5. The summed E-state index contributed by atoms with van der Waals surface area (Å²) in [6.07, 6.45) is 1.24. The van der Waals surface area contributed by atoms with Crippen LogP contribution in [0.5, 0.6) is 5.75 Å². The monoisotopic (exact) mass is 383 g/mol. The minimum absolute atomic E-state index is 0.0172. The second-order valence-electron chi connectivity index (χ2n) is 6.08. The first-order chi connectivity index (χ1) is 12.3. The molecule has 0 bridgehead atoms. The Bertz CT molecular complexity index is 779. The van der Waals surface area contributed by atoms with Crippen molar-refractivity contribution in [2.45, 2.75) is 19.8 Å². The van der Waals surface area contributed by atoms with Crippen LogP contribution in [0, 0.1) is 5.92 Å². The number of ether oxygens (including phenoxy) is 1. The van der Waals surface area contributed by atoms with Crippen LogP contribution in [0.4, 0.5) is 5.69 Å². The van der Waals surface area contributed by atoms with Crippen molar-refractivity contribution in [3.8, 4) is 5.75 Å². The van der Waals surface area contributed by atoms with Crippen molar-refractivity contribution in [2.75, 3.05) is 38.3 Å². The predicted octanol–water partition coefficient (Wildman–Crippen LogP) is 1.06. The Hall–Kier alpha value is -2.13. The number of sulfonamides is 1. The second kappa shape index (κ2) is 8.50. The van der Waals surface area contributed by atoms with Gasteiger partial charge in [0.1, 0.15) is 5.75 Å². The fourth-order valence-electron chi connectivity index (χ4n) is 2.92. The zero-order valence-electron chi connectivity index (χ0n) is 15.2. The van der Waals surface area contributed by atoms with Gasteiger partial charge in [-0.2, -0.15) is 0 Å². The molecule has 2 N–H and O–H groups in total. The number of nitrogens with zero attached hydrogens (tertiary/aromatic N) is 1. The minimum Gasteiger partial charge on any atom is -0.495 e. The zero-order valence-corrected chi connectivity index (χ0v) is 16.1. The van der Waals surface area contributed by atoms with Crippen LogP contribution in [0.15, 0.2) is 18.2 Å². The number of methoxy groups -OCH3 is 1. The molecule has 0 aromatic heterocycles. The Morgan fingerprint density at radius 1 is 1.35 bits per heavy atom. The van der Waals surface area contributed by atoms with Gasteiger partial charge in [0, 0.05) is 25.7 Å². The third kappa shape index (κ3) is 4.53. The van der Waals surface area contributed by atoms with Gasteiger partial charge in [-0.15, -0.1) is 0 Å². The van der Waals surface area contributed by atoms with E-state index in [4.69, 9.17) is 4.74 Å². The van der Waals surface area contributed by atoms with E-state index in [9.17, 15) is 18.0 Å². The number of benzene rings is 1. The van der Waals surface area contributed by atoms with E-state index in [1.54, 1.807) is 25.1 Å². The topological polar surface area (TPSA) is 105 Å². The molecule has 0 spiro atoms. The Balaban J connectivity index is 2.17. The molecular formula is C17H25N3O5S. The maximum atomic E-state index is 12.7. The van der Waals surface area contributed by atoms with Crippen molar-refractivity contribution >= 4 is 27.5 Å². The number of nitrogens with one attached hydrogen (secondary N) is 2. The largest absolute Gasteiger partial charge is 0.495 e. The lowest BCUT2D eigenvalue weighted by Gasteiger charge is -2.31. The number of piperidine rings is 1. The van der Waals surface area contributed by atoms with Crippen LogP contribution in [0.1, 0.15) is 30.1 Å². The van der Waals surface area contributed by atoms with Gasteiger partial charge >= 0.3 is 0 Å². The normalized spacial score (nSPS) is 18.2. The second-order valence-corrected chi connectivity index (χ2v) is 8.34. The average Bonchev–Trinajstić information content (AvgIpc) is 2.67. The van der Waals surface area contributed by atoms with Gasteiger partial charge in [-0.05, 0) is 38.0 Å². The van der Waals surface area contributed by atoms with Crippen LogP contribution in [0.3, 0.4) is 0 Å². The Morgan fingerprint density at radius 2 is 2.08 bits per heavy atom. The van der Waals surface area contributed by atoms with Crippen LogP contribution in [-0.2, 0) is 14.8 Å². The summed E-state index contributed by atoms with van der Waals surface area (Å²) in [6.45, 7) is 2.20. The molecule has 0 aliphatic carbocycles. The summed E-state index contributed by atoms with van der Waals surface area (Å²) in [6, 6.07) is 4.75. The smallest absolute Gasteiger partial charge is 0.251 e. The molecule has 144 valence electrons. The van der Waals surface area contributed by atoms with Crippen molar-refractivity contribution in [1.82, 2.24) is 9.62 Å². The third-order valence-electron chi connectivity index (χ3n) is 4.46. The van der Waals surface area contributed by atoms with E-state index < -0.39 is 15.9 Å². The van der Waals surface area contributed by atoms with Crippen molar-refractivity contribution in [3.63, 3.8) is 0 Å². The highest BCUT2D eigenvalue weighted by molar-refractivity contribution is 7.89. The number of carbonyl (C=O) groups excluding carboxylic acids is 2. The number of amides is 2. The number of rotatable bonds is 6. The van der Waals surface area contributed by atoms with E-state index >= 15 is 0 Å². The molecule has 1 atom stereocenters. The van der Waals surface area contributed by atoms with Crippen LogP contribution < -0.4 is 15.4 Å². The summed E-state index contributed by atoms with van der Waals surface area (Å²) in [7, 11) is -0.323. The molecule has 1 unspecified atom stereocenters. The van der Waals surface area contributed by atoms with E-state index in [-0.39, 0.29) is 24.1 Å². The SMILES string of the molecule is CCS(=O)(=O)N1CCCC(C(=O)Nc2cc(C(=O)NC)ccc2OC)C1. The van der Waals surface area contributed by atoms with Crippen LogP contribution >= 0.6 is 0 Å². The van der Waals surface area contributed by atoms with Gasteiger partial charge < -0.3 is 15.4 Å². The van der Waals surface area contributed by atoms with Gasteiger partial charge in [-0.25, -0.2) is 12.7 Å². The standard InChI is InChI=1S/C17H25N3O5S/c1-4-26(23,24)20-9-5-6-13(11-20)17(22)19-14-10-12(16(21)18-2)7-8-15(14)25-3/h7-8,10,13H,4-6,9,11H2,1-3H3,(H,18,21)(H,19,22). The molecule has 26 heavy (non-hydrogen) atoms. The molecule has 1 heterocycles. The van der Waals surface area contributed by atoms with Gasteiger partial charge in [-0.1, -0.05) is 0 Å². The molecule has 9 heteroatoms. The van der Waals surface area contributed by atoms with E-state index in [0.717, 1.165) is 0 Å². The molecule has 2 rings (SSSR count). The summed E-state index contributed by atoms with van der Waals surface area (Å²) in [5, 5.41) is 5.30. The Kier molecular flexibility index (Phi) is 6.60.